The van der Waals surface area contributed by atoms with Gasteiger partial charge >= 0.3 is 23.5 Å². The zero-order valence-corrected chi connectivity index (χ0v) is 18.3. The van der Waals surface area contributed by atoms with Crippen molar-refractivity contribution in [3.8, 4) is 0 Å². The van der Waals surface area contributed by atoms with Gasteiger partial charge in [0.05, 0.1) is 13.2 Å². The normalized spacial score (nSPS) is 32.9. The second-order valence-electron chi connectivity index (χ2n) is 6.90. The molecule has 0 amide bonds. The van der Waals surface area contributed by atoms with Crippen LogP contribution in [0.1, 0.15) is 0 Å². The predicted octanol–water partition coefficient (Wildman–Crippen LogP) is -2.19. The van der Waals surface area contributed by atoms with Crippen molar-refractivity contribution in [2.24, 2.45) is 0 Å². The molecule has 0 radical (unpaired) electrons. The van der Waals surface area contributed by atoms with Crippen LogP contribution in [0.15, 0.2) is 6.33 Å². The number of aliphatic hydroxyl groups excluding tert-OH is 2. The van der Waals surface area contributed by atoms with Gasteiger partial charge in [-0.1, -0.05) is 0 Å². The molecule has 0 bridgehead atoms. The summed E-state index contributed by atoms with van der Waals surface area (Å²) in [5.41, 5.74) is 6.38. The molecule has 8 N–H and O–H groups in total. The number of nitrogen functional groups attached to an aromatic ring is 1. The van der Waals surface area contributed by atoms with Gasteiger partial charge in [0.25, 0.3) is 0 Å². The Morgan fingerprint density at radius 2 is 1.78 bits per heavy atom. The fourth-order valence-electron chi connectivity index (χ4n) is 3.45. The Hall–Kier alpha value is -1.23. The second-order valence-corrected chi connectivity index (χ2v) is 11.3. The molecule has 0 saturated carbocycles. The number of phosphoric ester groups is 1. The first-order chi connectivity index (χ1) is 14.7. The molecule has 1 aromatic rings. The molecule has 0 spiro atoms. The van der Waals surface area contributed by atoms with Crippen LogP contribution in [0.25, 0.3) is 0 Å². The molecule has 1 aromatic heterocycles. The average Bonchev–Trinajstić information content (AvgIpc) is 3.25. The summed E-state index contributed by atoms with van der Waals surface area (Å²) in [6, 6.07) is 0. The van der Waals surface area contributed by atoms with E-state index in [1.807, 2.05) is 4.90 Å². The van der Waals surface area contributed by atoms with E-state index in [-0.39, 0.29) is 12.0 Å². The minimum atomic E-state index is -5.69. The van der Waals surface area contributed by atoms with Crippen molar-refractivity contribution in [1.29, 1.82) is 0 Å². The predicted molar refractivity (Wildman–Crippen MR) is 101 cm³/mol. The highest BCUT2D eigenvalue weighted by Gasteiger charge is 2.58. The molecule has 3 aliphatic heterocycles. The van der Waals surface area contributed by atoms with Crippen molar-refractivity contribution in [2.45, 2.75) is 30.7 Å². The third-order valence-corrected chi connectivity index (χ3v) is 8.50. The highest BCUT2D eigenvalue weighted by atomic mass is 31.3. The lowest BCUT2D eigenvalue weighted by molar-refractivity contribution is -0.0222. The largest absolute Gasteiger partial charge is 0.490 e. The summed E-state index contributed by atoms with van der Waals surface area (Å²) in [6.45, 7) is -0.390. The SMILES string of the molecule is Nc1ncnc2c1N1C[C@H]1N2[C@@H]1O[C@H](COP(=O)(O)OP(=O)(O)OP(=O)(O)O)[C@@H](O)[C@H]1O. The Labute approximate surface area is 178 Å². The molecule has 180 valence electrons. The highest BCUT2D eigenvalue weighted by molar-refractivity contribution is 7.66. The van der Waals surface area contributed by atoms with Crippen molar-refractivity contribution in [1.82, 2.24) is 9.97 Å². The maximum atomic E-state index is 11.9. The first kappa shape index (κ1) is 23.9. The van der Waals surface area contributed by atoms with Gasteiger partial charge in [-0.05, 0) is 0 Å². The minimum Gasteiger partial charge on any atom is -0.387 e. The van der Waals surface area contributed by atoms with Crippen molar-refractivity contribution in [3.05, 3.63) is 6.33 Å². The lowest BCUT2D eigenvalue weighted by Gasteiger charge is -2.28. The molecule has 7 atom stereocenters. The van der Waals surface area contributed by atoms with E-state index in [4.69, 9.17) is 25.2 Å². The van der Waals surface area contributed by atoms with Gasteiger partial charge in [0.2, 0.25) is 0 Å². The van der Waals surface area contributed by atoms with Crippen LogP contribution >= 0.6 is 23.5 Å². The lowest BCUT2D eigenvalue weighted by Crippen LogP contribution is -2.45. The van der Waals surface area contributed by atoms with Crippen LogP contribution in [-0.4, -0.2) is 83.6 Å². The summed E-state index contributed by atoms with van der Waals surface area (Å²) >= 11 is 0. The van der Waals surface area contributed by atoms with Crippen LogP contribution in [0.4, 0.5) is 17.3 Å². The molecule has 0 aromatic carbocycles. The van der Waals surface area contributed by atoms with Gasteiger partial charge in [-0.25, -0.2) is 23.7 Å². The summed E-state index contributed by atoms with van der Waals surface area (Å²) < 4.78 is 51.1. The van der Waals surface area contributed by atoms with Gasteiger partial charge in [0, 0.05) is 0 Å². The third kappa shape index (κ3) is 4.69. The van der Waals surface area contributed by atoms with Gasteiger partial charge in [0.15, 0.2) is 17.9 Å². The van der Waals surface area contributed by atoms with E-state index in [9.17, 15) is 28.8 Å². The van der Waals surface area contributed by atoms with E-state index < -0.39 is 54.6 Å². The number of ether oxygens (including phenoxy) is 1. The molecule has 4 rings (SSSR count). The molecular weight excluding hydrogens is 503 g/mol. The van der Waals surface area contributed by atoms with Crippen molar-refractivity contribution in [2.75, 3.05) is 28.7 Å². The topological polar surface area (TPSA) is 268 Å². The number of hydrogen-bond donors (Lipinski definition) is 7. The van der Waals surface area contributed by atoms with Gasteiger partial charge < -0.3 is 50.1 Å². The van der Waals surface area contributed by atoms with Gasteiger partial charge in [-0.2, -0.15) is 8.62 Å². The Balaban J connectivity index is 1.42. The summed E-state index contributed by atoms with van der Waals surface area (Å²) in [5, 5.41) is 20.7. The highest BCUT2D eigenvalue weighted by Crippen LogP contribution is 2.66. The van der Waals surface area contributed by atoms with Gasteiger partial charge in [-0.3, -0.25) is 4.52 Å². The van der Waals surface area contributed by atoms with Gasteiger partial charge in [-0.15, -0.1) is 0 Å². The summed E-state index contributed by atoms with van der Waals surface area (Å²) in [7, 11) is -16.6. The molecule has 3 aliphatic rings. The summed E-state index contributed by atoms with van der Waals surface area (Å²) in [5.74, 6) is 0.552. The smallest absolute Gasteiger partial charge is 0.387 e. The molecule has 4 heterocycles. The zero-order valence-electron chi connectivity index (χ0n) is 15.6. The van der Waals surface area contributed by atoms with E-state index in [2.05, 4.69) is 23.1 Å². The van der Waals surface area contributed by atoms with Crippen molar-refractivity contribution >= 4 is 40.8 Å². The maximum absolute atomic E-state index is 11.9. The molecule has 2 saturated heterocycles. The van der Waals surface area contributed by atoms with E-state index in [1.165, 1.54) is 6.33 Å². The standard InChI is InChI=1S/C11H18N5O13P3/c12-9-6-10(14-3-13-9)16(5-1-15(5)6)11-8(18)7(17)4(27-11)2-26-31(22,23)29-32(24,25)28-30(19,20)21/h3-5,7-8,11,17-18H,1-2H2,(H,22,23)(H,24,25)(H2,12,13,14)(H2,19,20,21)/t4-,5-,7-,8-,11-,15?/m1/s1. The van der Waals surface area contributed by atoms with Crippen LogP contribution < -0.4 is 15.5 Å². The Morgan fingerprint density at radius 3 is 2.44 bits per heavy atom. The second kappa shape index (κ2) is 7.92. The van der Waals surface area contributed by atoms with Crippen LogP contribution in [0.5, 0.6) is 0 Å². The number of phosphoric acid groups is 3. The summed E-state index contributed by atoms with van der Waals surface area (Å²) in [6.07, 6.45) is -4.78. The molecule has 21 heteroatoms. The van der Waals surface area contributed by atoms with E-state index in [0.717, 1.165) is 0 Å². The van der Waals surface area contributed by atoms with E-state index in [1.54, 1.807) is 4.90 Å². The molecule has 2 unspecified atom stereocenters. The Morgan fingerprint density at radius 1 is 1.09 bits per heavy atom. The van der Waals surface area contributed by atoms with Crippen LogP contribution in [0.3, 0.4) is 0 Å². The number of aromatic nitrogens is 2. The summed E-state index contributed by atoms with van der Waals surface area (Å²) in [4.78, 5) is 47.1. The molecule has 18 nitrogen and oxygen atoms in total. The number of anilines is 3. The number of aliphatic hydroxyl groups is 2. The quantitative estimate of drug-likeness (QED) is 0.141. The zero-order chi connectivity index (χ0) is 23.6. The molecular formula is C11H18N5O13P3. The first-order valence-corrected chi connectivity index (χ1v) is 13.2. The van der Waals surface area contributed by atoms with Gasteiger partial charge in [0.1, 0.15) is 36.5 Å². The Kier molecular flexibility index (Phi) is 5.92. The fraction of sp³-hybridized carbons (Fsp3) is 0.636. The molecule has 32 heavy (non-hydrogen) atoms. The Bertz CT molecular complexity index is 1050. The number of nitrogens with two attached hydrogens (primary N) is 1. The fourth-order valence-corrected chi connectivity index (χ4v) is 6.48. The van der Waals surface area contributed by atoms with Crippen molar-refractivity contribution in [3.63, 3.8) is 0 Å². The minimum absolute atomic E-state index is 0.206. The van der Waals surface area contributed by atoms with Crippen LogP contribution in [-0.2, 0) is 31.6 Å². The number of hydrogen-bond acceptors (Lipinski definition) is 14. The molecule has 2 fully saturated rings. The average molecular weight is 521 g/mol. The first-order valence-electron chi connectivity index (χ1n) is 8.64. The lowest BCUT2D eigenvalue weighted by atomic mass is 10.1. The van der Waals surface area contributed by atoms with Crippen molar-refractivity contribution < 1.29 is 61.4 Å². The number of fused-ring (bicyclic) bond motifs is 3. The van der Waals surface area contributed by atoms with E-state index >= 15 is 0 Å². The number of nitrogens with zero attached hydrogens (tertiary/aromatic N) is 4. The monoisotopic (exact) mass is 521 g/mol. The maximum Gasteiger partial charge on any atom is 0.490 e. The molecule has 0 aliphatic carbocycles. The van der Waals surface area contributed by atoms with Crippen LogP contribution in [0.2, 0.25) is 0 Å². The number of rotatable bonds is 8. The van der Waals surface area contributed by atoms with E-state index in [0.29, 0.717) is 18.1 Å². The van der Waals surface area contributed by atoms with Crippen LogP contribution in [0, 0.1) is 0 Å². The third-order valence-electron chi connectivity index (χ3n) is 4.70.